The van der Waals surface area contributed by atoms with E-state index in [1.165, 1.54) is 6.07 Å². The molecule has 27 heavy (non-hydrogen) atoms. The summed E-state index contributed by atoms with van der Waals surface area (Å²) in [6, 6.07) is 12.2. The molecule has 0 bridgehead atoms. The van der Waals surface area contributed by atoms with Crippen LogP contribution in [0.5, 0.6) is 0 Å². The minimum atomic E-state index is -0.862. The standard InChI is InChI=1S/C20H20BrF2NO3/c21-16-8-15(17(22)9-18(16)23)20-12-25-7-6-14(20)19(27-24-20)11-26-10-13-4-2-1-3-5-13/h1-5,8-9,14,19,24H,6-7,10-12H2. The second-order valence-electron chi connectivity index (χ2n) is 6.92. The molecule has 144 valence electrons. The molecule has 2 aliphatic heterocycles. The lowest BCUT2D eigenvalue weighted by Crippen LogP contribution is -2.50. The van der Waals surface area contributed by atoms with Gasteiger partial charge in [0.2, 0.25) is 0 Å². The summed E-state index contributed by atoms with van der Waals surface area (Å²) in [5, 5.41) is 0. The number of hydrogen-bond acceptors (Lipinski definition) is 4. The second kappa shape index (κ2) is 7.93. The molecule has 0 amide bonds. The molecule has 1 N–H and O–H groups in total. The van der Waals surface area contributed by atoms with E-state index in [1.807, 2.05) is 30.3 Å². The number of ether oxygens (including phenoxy) is 2. The zero-order chi connectivity index (χ0) is 18.9. The van der Waals surface area contributed by atoms with E-state index in [4.69, 9.17) is 14.3 Å². The fourth-order valence-corrected chi connectivity index (χ4v) is 4.23. The molecule has 7 heteroatoms. The molecule has 2 fully saturated rings. The van der Waals surface area contributed by atoms with Crippen molar-refractivity contribution in [1.82, 2.24) is 5.48 Å². The van der Waals surface area contributed by atoms with Gasteiger partial charge in [-0.05, 0) is 34.0 Å². The number of halogens is 3. The molecule has 0 saturated carbocycles. The van der Waals surface area contributed by atoms with E-state index < -0.39 is 17.2 Å². The summed E-state index contributed by atoms with van der Waals surface area (Å²) in [5.74, 6) is -1.30. The first kappa shape index (κ1) is 19.0. The van der Waals surface area contributed by atoms with Crippen molar-refractivity contribution >= 4 is 15.9 Å². The number of nitrogens with one attached hydrogen (secondary N) is 1. The monoisotopic (exact) mass is 439 g/mol. The minimum absolute atomic E-state index is 0.0473. The van der Waals surface area contributed by atoms with Gasteiger partial charge < -0.3 is 9.47 Å². The fourth-order valence-electron chi connectivity index (χ4n) is 3.88. The fraction of sp³-hybridized carbons (Fsp3) is 0.400. The Kier molecular flexibility index (Phi) is 5.57. The molecule has 0 aliphatic carbocycles. The molecular formula is C20H20BrF2NO3. The maximum absolute atomic E-state index is 14.6. The van der Waals surface area contributed by atoms with Crippen LogP contribution in [0.1, 0.15) is 17.5 Å². The Balaban J connectivity index is 1.52. The van der Waals surface area contributed by atoms with Crippen LogP contribution in [0, 0.1) is 17.6 Å². The summed E-state index contributed by atoms with van der Waals surface area (Å²) in [7, 11) is 0. The van der Waals surface area contributed by atoms with Crippen LogP contribution >= 0.6 is 15.9 Å². The topological polar surface area (TPSA) is 39.7 Å². The minimum Gasteiger partial charge on any atom is -0.379 e. The van der Waals surface area contributed by atoms with Crippen molar-refractivity contribution in [2.75, 3.05) is 19.8 Å². The van der Waals surface area contributed by atoms with Crippen molar-refractivity contribution in [2.24, 2.45) is 5.92 Å². The highest BCUT2D eigenvalue weighted by Crippen LogP contribution is 2.44. The predicted octanol–water partition coefficient (Wildman–Crippen LogP) is 4.08. The van der Waals surface area contributed by atoms with E-state index in [9.17, 15) is 8.78 Å². The number of benzene rings is 2. The third-order valence-corrected chi connectivity index (χ3v) is 5.87. The maximum Gasteiger partial charge on any atom is 0.140 e. The van der Waals surface area contributed by atoms with Crippen molar-refractivity contribution in [3.8, 4) is 0 Å². The van der Waals surface area contributed by atoms with Gasteiger partial charge in [0.1, 0.15) is 17.7 Å². The van der Waals surface area contributed by atoms with Gasteiger partial charge >= 0.3 is 0 Å². The van der Waals surface area contributed by atoms with Crippen LogP contribution in [0.25, 0.3) is 0 Å². The Morgan fingerprint density at radius 1 is 1.19 bits per heavy atom. The Labute approximate surface area is 164 Å². The first-order valence-electron chi connectivity index (χ1n) is 8.87. The van der Waals surface area contributed by atoms with Gasteiger partial charge in [-0.1, -0.05) is 30.3 Å². The summed E-state index contributed by atoms with van der Waals surface area (Å²) in [6.45, 7) is 1.67. The van der Waals surface area contributed by atoms with Crippen LogP contribution in [0.2, 0.25) is 0 Å². The van der Waals surface area contributed by atoms with Gasteiger partial charge in [-0.25, -0.2) is 8.78 Å². The average Bonchev–Trinajstić information content (AvgIpc) is 3.05. The Hall–Kier alpha value is -1.38. The van der Waals surface area contributed by atoms with Crippen molar-refractivity contribution < 1.29 is 23.1 Å². The van der Waals surface area contributed by atoms with Crippen LogP contribution in [-0.2, 0) is 26.5 Å². The lowest BCUT2D eigenvalue weighted by atomic mass is 9.74. The molecule has 2 heterocycles. The van der Waals surface area contributed by atoms with Crippen LogP contribution in [0.4, 0.5) is 8.78 Å². The SMILES string of the molecule is Fc1cc(F)c(C23COCCC2C(COCc2ccccc2)ON3)cc1Br. The molecule has 4 rings (SSSR count). The van der Waals surface area contributed by atoms with Crippen LogP contribution < -0.4 is 5.48 Å². The molecule has 3 unspecified atom stereocenters. The quantitative estimate of drug-likeness (QED) is 0.712. The summed E-state index contributed by atoms with van der Waals surface area (Å²) < 4.78 is 40.0. The zero-order valence-electron chi connectivity index (χ0n) is 14.6. The van der Waals surface area contributed by atoms with E-state index in [2.05, 4.69) is 21.4 Å². The van der Waals surface area contributed by atoms with Gasteiger partial charge in [-0.15, -0.1) is 0 Å². The molecule has 0 aromatic heterocycles. The molecule has 2 aliphatic rings. The lowest BCUT2D eigenvalue weighted by molar-refractivity contribution is -0.0441. The van der Waals surface area contributed by atoms with Crippen molar-refractivity contribution in [2.45, 2.75) is 24.7 Å². The average molecular weight is 440 g/mol. The van der Waals surface area contributed by atoms with Gasteiger partial charge in [0.15, 0.2) is 0 Å². The highest BCUT2D eigenvalue weighted by molar-refractivity contribution is 9.10. The summed E-state index contributed by atoms with van der Waals surface area (Å²) in [4.78, 5) is 5.79. The van der Waals surface area contributed by atoms with Crippen LogP contribution in [0.3, 0.4) is 0 Å². The molecule has 3 atom stereocenters. The molecule has 0 spiro atoms. The van der Waals surface area contributed by atoms with Gasteiger partial charge in [0.05, 0.1) is 29.8 Å². The summed E-state index contributed by atoms with van der Waals surface area (Å²) >= 11 is 3.15. The van der Waals surface area contributed by atoms with Crippen LogP contribution in [-0.4, -0.2) is 25.9 Å². The Bertz CT molecular complexity index is 807. The van der Waals surface area contributed by atoms with Gasteiger partial charge in [-0.2, -0.15) is 5.48 Å². The van der Waals surface area contributed by atoms with Gasteiger partial charge in [0, 0.05) is 24.2 Å². The smallest absolute Gasteiger partial charge is 0.140 e. The normalized spacial score (nSPS) is 27.5. The second-order valence-corrected chi connectivity index (χ2v) is 7.78. The van der Waals surface area contributed by atoms with Crippen molar-refractivity contribution in [3.63, 3.8) is 0 Å². The third-order valence-electron chi connectivity index (χ3n) is 5.26. The van der Waals surface area contributed by atoms with Gasteiger partial charge in [-0.3, -0.25) is 4.84 Å². The van der Waals surface area contributed by atoms with Crippen molar-refractivity contribution in [1.29, 1.82) is 0 Å². The molecule has 0 radical (unpaired) electrons. The first-order valence-corrected chi connectivity index (χ1v) is 9.67. The van der Waals surface area contributed by atoms with E-state index in [1.54, 1.807) is 0 Å². The summed E-state index contributed by atoms with van der Waals surface area (Å²) in [6.07, 6.45) is 0.446. The Morgan fingerprint density at radius 3 is 2.81 bits per heavy atom. The maximum atomic E-state index is 14.6. The predicted molar refractivity (Wildman–Crippen MR) is 98.8 cm³/mol. The molecule has 4 nitrogen and oxygen atoms in total. The van der Waals surface area contributed by atoms with E-state index in [0.717, 1.165) is 11.6 Å². The summed E-state index contributed by atoms with van der Waals surface area (Å²) in [5.41, 5.74) is 3.54. The lowest BCUT2D eigenvalue weighted by Gasteiger charge is -2.39. The van der Waals surface area contributed by atoms with E-state index in [-0.39, 0.29) is 23.1 Å². The highest BCUT2D eigenvalue weighted by Gasteiger charge is 2.54. The van der Waals surface area contributed by atoms with Gasteiger partial charge in [0.25, 0.3) is 0 Å². The number of hydroxylamine groups is 1. The zero-order valence-corrected chi connectivity index (χ0v) is 16.2. The highest BCUT2D eigenvalue weighted by atomic mass is 79.9. The number of fused-ring (bicyclic) bond motifs is 1. The van der Waals surface area contributed by atoms with E-state index >= 15 is 0 Å². The van der Waals surface area contributed by atoms with Crippen molar-refractivity contribution in [3.05, 3.63) is 69.7 Å². The number of rotatable bonds is 5. The molecule has 2 aromatic rings. The number of hydrogen-bond donors (Lipinski definition) is 1. The largest absolute Gasteiger partial charge is 0.379 e. The van der Waals surface area contributed by atoms with E-state index in [0.29, 0.717) is 31.8 Å². The third kappa shape index (κ3) is 3.67. The molecule has 2 aromatic carbocycles. The molecular weight excluding hydrogens is 420 g/mol. The van der Waals surface area contributed by atoms with Crippen LogP contribution in [0.15, 0.2) is 46.9 Å². The molecule has 2 saturated heterocycles. The first-order chi connectivity index (χ1) is 13.1. The Morgan fingerprint density at radius 2 is 2.00 bits per heavy atom.